The summed E-state index contributed by atoms with van der Waals surface area (Å²) in [6, 6.07) is 2.16. The van der Waals surface area contributed by atoms with Crippen LogP contribution in [0.2, 0.25) is 0 Å². The van der Waals surface area contributed by atoms with Crippen LogP contribution in [0.1, 0.15) is 56.7 Å². The zero-order valence-corrected chi connectivity index (χ0v) is 17.5. The number of fused-ring (bicyclic) bond motifs is 1. The van der Waals surface area contributed by atoms with Crippen molar-refractivity contribution in [3.05, 3.63) is 40.8 Å². The second kappa shape index (κ2) is 8.70. The summed E-state index contributed by atoms with van der Waals surface area (Å²) < 4.78 is 40.9. The molecule has 0 saturated heterocycles. The lowest BCUT2D eigenvalue weighted by Crippen LogP contribution is -2.43. The number of aromatic amines is 1. The van der Waals surface area contributed by atoms with Gasteiger partial charge in [-0.1, -0.05) is 32.8 Å². The lowest BCUT2D eigenvalue weighted by molar-refractivity contribution is 0.402. The van der Waals surface area contributed by atoms with Crippen molar-refractivity contribution in [1.82, 2.24) is 20.2 Å². The number of hydrogen-bond acceptors (Lipinski definition) is 6. The predicted octanol–water partition coefficient (Wildman–Crippen LogP) is 4.19. The molecule has 1 fully saturated rings. The maximum absolute atomic E-state index is 14.1. The second-order valence-electron chi connectivity index (χ2n) is 8.27. The van der Waals surface area contributed by atoms with Gasteiger partial charge in [0.15, 0.2) is 28.8 Å². The van der Waals surface area contributed by atoms with Crippen molar-refractivity contribution in [2.24, 2.45) is 5.73 Å². The van der Waals surface area contributed by atoms with E-state index in [2.05, 4.69) is 30.8 Å². The third kappa shape index (κ3) is 4.30. The van der Waals surface area contributed by atoms with Gasteiger partial charge in [0.1, 0.15) is 5.52 Å². The molecule has 10 heteroatoms. The van der Waals surface area contributed by atoms with E-state index < -0.39 is 17.5 Å². The Bertz CT molecular complexity index is 1080. The normalized spacial score (nSPS) is 19.2. The third-order valence-corrected chi connectivity index (χ3v) is 5.70. The van der Waals surface area contributed by atoms with Crippen molar-refractivity contribution < 1.29 is 13.2 Å². The monoisotopic (exact) mass is 433 g/mol. The summed E-state index contributed by atoms with van der Waals surface area (Å²) in [5.41, 5.74) is 8.21. The van der Waals surface area contributed by atoms with E-state index in [4.69, 9.17) is 5.73 Å². The molecule has 2 atom stereocenters. The van der Waals surface area contributed by atoms with Crippen LogP contribution in [0.3, 0.4) is 0 Å². The molecular weight excluding hydrogens is 407 g/mol. The Morgan fingerprint density at radius 2 is 1.87 bits per heavy atom. The van der Waals surface area contributed by atoms with Gasteiger partial charge in [0.05, 0.1) is 5.69 Å². The summed E-state index contributed by atoms with van der Waals surface area (Å²) in [6.45, 7) is 3.94. The minimum atomic E-state index is -1.50. The molecule has 2 unspecified atom stereocenters. The van der Waals surface area contributed by atoms with Crippen molar-refractivity contribution >= 4 is 22.8 Å². The molecule has 1 aliphatic rings. The summed E-state index contributed by atoms with van der Waals surface area (Å²) >= 11 is 0. The maximum atomic E-state index is 14.1. The van der Waals surface area contributed by atoms with E-state index >= 15 is 0 Å². The van der Waals surface area contributed by atoms with Crippen LogP contribution < -0.4 is 16.4 Å². The molecule has 31 heavy (non-hydrogen) atoms. The van der Waals surface area contributed by atoms with Crippen LogP contribution in [-0.4, -0.2) is 32.2 Å². The van der Waals surface area contributed by atoms with Gasteiger partial charge in [-0.05, 0) is 24.8 Å². The minimum Gasteiger partial charge on any atom is -0.364 e. The molecule has 166 valence electrons. The lowest BCUT2D eigenvalue weighted by Gasteiger charge is -2.29. The highest BCUT2D eigenvalue weighted by molar-refractivity contribution is 5.88. The molecule has 0 bridgehead atoms. The fourth-order valence-electron chi connectivity index (χ4n) is 3.89. The average molecular weight is 433 g/mol. The van der Waals surface area contributed by atoms with Crippen molar-refractivity contribution in [2.75, 3.05) is 10.6 Å². The number of nitrogens with zero attached hydrogens (tertiary/aromatic N) is 3. The van der Waals surface area contributed by atoms with E-state index in [1.165, 1.54) is 6.07 Å². The Labute approximate surface area is 178 Å². The number of rotatable bonds is 6. The van der Waals surface area contributed by atoms with Crippen LogP contribution in [0, 0.1) is 17.5 Å². The van der Waals surface area contributed by atoms with Gasteiger partial charge in [0.2, 0.25) is 5.95 Å². The number of H-pyrrole nitrogens is 1. The molecule has 0 spiro atoms. The van der Waals surface area contributed by atoms with Gasteiger partial charge < -0.3 is 16.4 Å². The highest BCUT2D eigenvalue weighted by Crippen LogP contribution is 2.28. The molecule has 1 aromatic carbocycles. The zero-order valence-electron chi connectivity index (χ0n) is 17.5. The largest absolute Gasteiger partial charge is 0.364 e. The second-order valence-corrected chi connectivity index (χ2v) is 8.27. The minimum absolute atomic E-state index is 0.00895. The van der Waals surface area contributed by atoms with Crippen LogP contribution in [0.25, 0.3) is 11.0 Å². The molecule has 2 heterocycles. The number of nitrogens with two attached hydrogens (primary N) is 1. The van der Waals surface area contributed by atoms with E-state index in [1.54, 1.807) is 0 Å². The van der Waals surface area contributed by atoms with Gasteiger partial charge in [0.25, 0.3) is 0 Å². The van der Waals surface area contributed by atoms with E-state index in [9.17, 15) is 13.2 Å². The van der Waals surface area contributed by atoms with Crippen LogP contribution >= 0.6 is 0 Å². The first-order valence-electron chi connectivity index (χ1n) is 10.5. The summed E-state index contributed by atoms with van der Waals surface area (Å²) in [5.74, 6) is -3.05. The van der Waals surface area contributed by atoms with Crippen LogP contribution in [0.15, 0.2) is 12.1 Å². The first-order valence-corrected chi connectivity index (χ1v) is 10.5. The van der Waals surface area contributed by atoms with Gasteiger partial charge in [-0.15, -0.1) is 0 Å². The summed E-state index contributed by atoms with van der Waals surface area (Å²) in [4.78, 5) is 9.17. The number of hydrogen-bond donors (Lipinski definition) is 4. The first-order chi connectivity index (χ1) is 14.8. The van der Waals surface area contributed by atoms with Crippen molar-refractivity contribution in [2.45, 2.75) is 64.1 Å². The van der Waals surface area contributed by atoms with Gasteiger partial charge in [0, 0.05) is 24.2 Å². The SMILES string of the molecule is CC(C)c1[nH]nc2c(NCc3ccc(F)c(F)c3F)nc(NC3CCCCC3N)nc12. The van der Waals surface area contributed by atoms with Gasteiger partial charge in [-0.2, -0.15) is 10.1 Å². The van der Waals surface area contributed by atoms with Gasteiger partial charge in [-0.25, -0.2) is 18.2 Å². The number of anilines is 2. The quantitative estimate of drug-likeness (QED) is 0.435. The molecule has 2 aromatic heterocycles. The molecule has 1 saturated carbocycles. The van der Waals surface area contributed by atoms with Crippen LogP contribution in [-0.2, 0) is 6.54 Å². The molecule has 1 aliphatic carbocycles. The molecule has 5 N–H and O–H groups in total. The molecular formula is C21H26F3N7. The number of aromatic nitrogens is 4. The summed E-state index contributed by atoms with van der Waals surface area (Å²) in [7, 11) is 0. The molecule has 0 radical (unpaired) electrons. The standard InChI is InChI=1S/C21H26F3N7/c1-10(2)17-18-19(31-30-17)20(26-9-11-7-8-12(22)16(24)15(11)23)29-21(28-18)27-14-6-4-3-5-13(14)25/h7-8,10,13-14H,3-6,9,25H2,1-2H3,(H,30,31)(H2,26,27,28,29). The molecule has 3 aromatic rings. The van der Waals surface area contributed by atoms with E-state index in [0.717, 1.165) is 37.4 Å². The Morgan fingerprint density at radius 3 is 2.61 bits per heavy atom. The highest BCUT2D eigenvalue weighted by Gasteiger charge is 2.24. The van der Waals surface area contributed by atoms with E-state index in [1.807, 2.05) is 13.8 Å². The summed E-state index contributed by atoms with van der Waals surface area (Å²) in [6.07, 6.45) is 4.04. The Morgan fingerprint density at radius 1 is 1.10 bits per heavy atom. The summed E-state index contributed by atoms with van der Waals surface area (Å²) in [5, 5.41) is 13.6. The van der Waals surface area contributed by atoms with Crippen molar-refractivity contribution in [1.29, 1.82) is 0 Å². The zero-order chi connectivity index (χ0) is 22.1. The van der Waals surface area contributed by atoms with Crippen LogP contribution in [0.5, 0.6) is 0 Å². The Hall–Kier alpha value is -2.88. The topological polar surface area (TPSA) is 105 Å². The lowest BCUT2D eigenvalue weighted by atomic mass is 9.91. The van der Waals surface area contributed by atoms with E-state index in [0.29, 0.717) is 22.8 Å². The number of halogens is 3. The smallest absolute Gasteiger partial charge is 0.225 e. The predicted molar refractivity (Wildman–Crippen MR) is 113 cm³/mol. The fourth-order valence-corrected chi connectivity index (χ4v) is 3.89. The van der Waals surface area contributed by atoms with E-state index in [-0.39, 0.29) is 30.1 Å². The number of benzene rings is 1. The van der Waals surface area contributed by atoms with Gasteiger partial charge >= 0.3 is 0 Å². The van der Waals surface area contributed by atoms with Crippen molar-refractivity contribution in [3.8, 4) is 0 Å². The maximum Gasteiger partial charge on any atom is 0.225 e. The molecule has 4 rings (SSSR count). The first kappa shape index (κ1) is 21.4. The third-order valence-electron chi connectivity index (χ3n) is 5.70. The fraction of sp³-hybridized carbons (Fsp3) is 0.476. The molecule has 0 aliphatic heterocycles. The molecule has 7 nitrogen and oxygen atoms in total. The average Bonchev–Trinajstić information content (AvgIpc) is 3.17. The molecule has 0 amide bonds. The van der Waals surface area contributed by atoms with Gasteiger partial charge in [-0.3, -0.25) is 5.10 Å². The highest BCUT2D eigenvalue weighted by atomic mass is 19.2. The Kier molecular flexibility index (Phi) is 5.99. The number of nitrogens with one attached hydrogen (secondary N) is 3. The van der Waals surface area contributed by atoms with Crippen molar-refractivity contribution in [3.63, 3.8) is 0 Å². The Balaban J connectivity index is 1.67. The van der Waals surface area contributed by atoms with Crippen LogP contribution in [0.4, 0.5) is 24.9 Å².